The second-order valence-electron chi connectivity index (χ2n) is 4.02. The first-order valence-corrected chi connectivity index (χ1v) is 7.03. The van der Waals surface area contributed by atoms with Gasteiger partial charge in [0.05, 0.1) is 9.50 Å². The van der Waals surface area contributed by atoms with Crippen molar-refractivity contribution in [3.8, 4) is 0 Å². The molecule has 96 valence electrons. The van der Waals surface area contributed by atoms with Crippen LogP contribution in [-0.4, -0.2) is 35.6 Å². The SMILES string of the molecule is CCN(CC)CC(C)Nc1ncc(Cl)cc1Br. The Morgan fingerprint density at radius 1 is 1.47 bits per heavy atom. The summed E-state index contributed by atoms with van der Waals surface area (Å²) in [6.07, 6.45) is 1.65. The third-order valence-electron chi connectivity index (χ3n) is 2.62. The van der Waals surface area contributed by atoms with Crippen molar-refractivity contribution >= 4 is 33.3 Å². The van der Waals surface area contributed by atoms with Crippen molar-refractivity contribution in [2.24, 2.45) is 0 Å². The molecule has 1 aromatic heterocycles. The Balaban J connectivity index is 2.58. The van der Waals surface area contributed by atoms with Crippen molar-refractivity contribution in [1.82, 2.24) is 9.88 Å². The Morgan fingerprint density at radius 2 is 2.12 bits per heavy atom. The number of nitrogens with zero attached hydrogens (tertiary/aromatic N) is 2. The van der Waals surface area contributed by atoms with E-state index in [4.69, 9.17) is 11.6 Å². The van der Waals surface area contributed by atoms with Crippen LogP contribution in [-0.2, 0) is 0 Å². The molecule has 5 heteroatoms. The zero-order valence-electron chi connectivity index (χ0n) is 10.5. The van der Waals surface area contributed by atoms with Crippen molar-refractivity contribution in [3.63, 3.8) is 0 Å². The van der Waals surface area contributed by atoms with Gasteiger partial charge in [0.1, 0.15) is 5.82 Å². The molecular weight excluding hydrogens is 302 g/mol. The largest absolute Gasteiger partial charge is 0.365 e. The highest BCUT2D eigenvalue weighted by atomic mass is 79.9. The van der Waals surface area contributed by atoms with Crippen LogP contribution in [0.1, 0.15) is 20.8 Å². The summed E-state index contributed by atoms with van der Waals surface area (Å²) in [5, 5.41) is 4.02. The average Bonchev–Trinajstić information content (AvgIpc) is 2.29. The van der Waals surface area contributed by atoms with Gasteiger partial charge in [-0.05, 0) is 42.0 Å². The molecule has 0 aliphatic heterocycles. The molecule has 3 nitrogen and oxygen atoms in total. The highest BCUT2D eigenvalue weighted by molar-refractivity contribution is 9.10. The van der Waals surface area contributed by atoms with Gasteiger partial charge in [0.25, 0.3) is 0 Å². The van der Waals surface area contributed by atoms with E-state index in [1.807, 2.05) is 6.07 Å². The number of likely N-dealkylation sites (N-methyl/N-ethyl adjacent to an activating group) is 1. The van der Waals surface area contributed by atoms with E-state index in [0.29, 0.717) is 11.1 Å². The standard InChI is InChI=1S/C12H19BrClN3/c1-4-17(5-2)8-9(3)16-12-11(13)6-10(14)7-15-12/h6-7,9H,4-5,8H2,1-3H3,(H,15,16). The lowest BCUT2D eigenvalue weighted by Crippen LogP contribution is -2.35. The Hall–Kier alpha value is -0.320. The van der Waals surface area contributed by atoms with Crippen LogP contribution in [0.5, 0.6) is 0 Å². The topological polar surface area (TPSA) is 28.2 Å². The summed E-state index contributed by atoms with van der Waals surface area (Å²) < 4.78 is 0.899. The maximum absolute atomic E-state index is 5.85. The Kier molecular flexibility index (Phi) is 6.23. The summed E-state index contributed by atoms with van der Waals surface area (Å²) >= 11 is 9.31. The first-order valence-electron chi connectivity index (χ1n) is 5.86. The Bertz CT molecular complexity index is 356. The lowest BCUT2D eigenvalue weighted by Gasteiger charge is -2.24. The van der Waals surface area contributed by atoms with Gasteiger partial charge in [-0.15, -0.1) is 0 Å². The highest BCUT2D eigenvalue weighted by Crippen LogP contribution is 2.23. The molecule has 0 spiro atoms. The van der Waals surface area contributed by atoms with Crippen LogP contribution >= 0.6 is 27.5 Å². The molecule has 1 heterocycles. The molecule has 0 bridgehead atoms. The predicted molar refractivity (Wildman–Crippen MR) is 77.8 cm³/mol. The molecule has 1 N–H and O–H groups in total. The number of anilines is 1. The van der Waals surface area contributed by atoms with E-state index in [0.717, 1.165) is 29.9 Å². The van der Waals surface area contributed by atoms with Crippen molar-refractivity contribution in [2.75, 3.05) is 25.0 Å². The zero-order chi connectivity index (χ0) is 12.8. The van der Waals surface area contributed by atoms with Crippen LogP contribution in [0, 0.1) is 0 Å². The first kappa shape index (κ1) is 14.7. The van der Waals surface area contributed by atoms with Gasteiger partial charge >= 0.3 is 0 Å². The minimum absolute atomic E-state index is 0.347. The third kappa shape index (κ3) is 4.82. The normalized spacial score (nSPS) is 12.8. The molecule has 0 radical (unpaired) electrons. The fourth-order valence-electron chi connectivity index (χ4n) is 1.67. The molecule has 0 aliphatic rings. The molecule has 1 unspecified atom stereocenters. The van der Waals surface area contributed by atoms with Gasteiger partial charge in [-0.3, -0.25) is 0 Å². The van der Waals surface area contributed by atoms with E-state index >= 15 is 0 Å². The van der Waals surface area contributed by atoms with Crippen LogP contribution in [0.15, 0.2) is 16.7 Å². The minimum Gasteiger partial charge on any atom is -0.365 e. The highest BCUT2D eigenvalue weighted by Gasteiger charge is 2.09. The molecular formula is C12H19BrClN3. The number of hydrogen-bond acceptors (Lipinski definition) is 3. The molecule has 0 saturated heterocycles. The number of hydrogen-bond donors (Lipinski definition) is 1. The first-order chi connectivity index (χ1) is 8.06. The lowest BCUT2D eigenvalue weighted by atomic mass is 10.3. The number of rotatable bonds is 6. The van der Waals surface area contributed by atoms with Crippen LogP contribution in [0.2, 0.25) is 5.02 Å². The fourth-order valence-corrected chi connectivity index (χ4v) is 2.42. The lowest BCUT2D eigenvalue weighted by molar-refractivity contribution is 0.294. The number of pyridine rings is 1. The molecule has 17 heavy (non-hydrogen) atoms. The van der Waals surface area contributed by atoms with E-state index < -0.39 is 0 Å². The summed E-state index contributed by atoms with van der Waals surface area (Å²) in [6, 6.07) is 2.20. The van der Waals surface area contributed by atoms with Gasteiger partial charge in [0.2, 0.25) is 0 Å². The van der Waals surface area contributed by atoms with Crippen LogP contribution in [0.4, 0.5) is 5.82 Å². The van der Waals surface area contributed by atoms with E-state index in [9.17, 15) is 0 Å². The second-order valence-corrected chi connectivity index (χ2v) is 5.31. The summed E-state index contributed by atoms with van der Waals surface area (Å²) in [6.45, 7) is 9.64. The van der Waals surface area contributed by atoms with Crippen molar-refractivity contribution in [1.29, 1.82) is 0 Å². The van der Waals surface area contributed by atoms with E-state index in [1.54, 1.807) is 6.20 Å². The summed E-state index contributed by atoms with van der Waals surface area (Å²) in [5.41, 5.74) is 0. The molecule has 0 saturated carbocycles. The van der Waals surface area contributed by atoms with E-state index in [2.05, 4.69) is 51.9 Å². The molecule has 1 atom stereocenters. The Morgan fingerprint density at radius 3 is 2.65 bits per heavy atom. The molecule has 0 amide bonds. The van der Waals surface area contributed by atoms with E-state index in [1.165, 1.54) is 0 Å². The quantitative estimate of drug-likeness (QED) is 0.867. The second kappa shape index (κ2) is 7.19. The van der Waals surface area contributed by atoms with Gasteiger partial charge in [-0.2, -0.15) is 0 Å². The summed E-state index contributed by atoms with van der Waals surface area (Å²) in [7, 11) is 0. The molecule has 0 aliphatic carbocycles. The van der Waals surface area contributed by atoms with Gasteiger partial charge < -0.3 is 10.2 Å². The fraction of sp³-hybridized carbons (Fsp3) is 0.583. The zero-order valence-corrected chi connectivity index (χ0v) is 12.8. The molecule has 1 aromatic rings. The number of nitrogens with one attached hydrogen (secondary N) is 1. The van der Waals surface area contributed by atoms with Gasteiger partial charge in [0, 0.05) is 18.8 Å². The van der Waals surface area contributed by atoms with Crippen LogP contribution < -0.4 is 5.32 Å². The van der Waals surface area contributed by atoms with Crippen molar-refractivity contribution < 1.29 is 0 Å². The minimum atomic E-state index is 0.347. The summed E-state index contributed by atoms with van der Waals surface area (Å²) in [5.74, 6) is 0.842. The van der Waals surface area contributed by atoms with Gasteiger partial charge in [-0.1, -0.05) is 25.4 Å². The molecule has 1 rings (SSSR count). The van der Waals surface area contributed by atoms with Crippen molar-refractivity contribution in [2.45, 2.75) is 26.8 Å². The monoisotopic (exact) mass is 319 g/mol. The maximum Gasteiger partial charge on any atom is 0.140 e. The smallest absolute Gasteiger partial charge is 0.140 e. The van der Waals surface area contributed by atoms with Crippen LogP contribution in [0.3, 0.4) is 0 Å². The molecule has 0 aromatic carbocycles. The maximum atomic E-state index is 5.85. The van der Waals surface area contributed by atoms with Gasteiger partial charge in [-0.25, -0.2) is 4.98 Å². The van der Waals surface area contributed by atoms with Crippen LogP contribution in [0.25, 0.3) is 0 Å². The number of aromatic nitrogens is 1. The third-order valence-corrected chi connectivity index (χ3v) is 3.43. The van der Waals surface area contributed by atoms with Gasteiger partial charge in [0.15, 0.2) is 0 Å². The average molecular weight is 321 g/mol. The Labute approximate surface area is 117 Å². The van der Waals surface area contributed by atoms with Crippen molar-refractivity contribution in [3.05, 3.63) is 21.8 Å². The number of halogens is 2. The molecule has 0 fully saturated rings. The predicted octanol–water partition coefficient (Wildman–Crippen LogP) is 3.64. The van der Waals surface area contributed by atoms with E-state index in [-0.39, 0.29) is 0 Å². The summed E-state index contributed by atoms with van der Waals surface area (Å²) in [4.78, 5) is 6.64.